The second kappa shape index (κ2) is 7.26. The maximum absolute atomic E-state index is 5.52. The molecule has 3 heteroatoms. The van der Waals surface area contributed by atoms with E-state index in [2.05, 4.69) is 0 Å². The molecule has 0 aromatic heterocycles. The second-order valence-electron chi connectivity index (χ2n) is 3.07. The Morgan fingerprint density at radius 2 is 1.87 bits per heavy atom. The fourth-order valence-corrected chi connectivity index (χ4v) is 1.14. The van der Waals surface area contributed by atoms with Crippen LogP contribution in [0.15, 0.2) is 30.3 Å². The minimum absolute atomic E-state index is 0.243. The van der Waals surface area contributed by atoms with E-state index in [4.69, 9.17) is 14.2 Å². The highest BCUT2D eigenvalue weighted by Gasteiger charge is 2.02. The smallest absolute Gasteiger partial charge is 0.197 e. The van der Waals surface area contributed by atoms with Crippen LogP contribution in [0.4, 0.5) is 0 Å². The molecule has 0 heterocycles. The zero-order valence-electron chi connectivity index (χ0n) is 9.31. The van der Waals surface area contributed by atoms with Crippen molar-refractivity contribution < 1.29 is 14.2 Å². The molecule has 0 aliphatic heterocycles. The van der Waals surface area contributed by atoms with Crippen molar-refractivity contribution >= 4 is 0 Å². The van der Waals surface area contributed by atoms with Gasteiger partial charge in [0.2, 0.25) is 0 Å². The van der Waals surface area contributed by atoms with Gasteiger partial charge in [0.1, 0.15) is 5.75 Å². The molecule has 0 aliphatic carbocycles. The third-order valence-corrected chi connectivity index (χ3v) is 1.83. The van der Waals surface area contributed by atoms with Crippen LogP contribution in [0.2, 0.25) is 0 Å². The Balaban J connectivity index is 2.16. The van der Waals surface area contributed by atoms with Gasteiger partial charge >= 0.3 is 0 Å². The minimum Gasteiger partial charge on any atom is -0.465 e. The van der Waals surface area contributed by atoms with Crippen LogP contribution in [0.5, 0.6) is 5.75 Å². The monoisotopic (exact) mass is 210 g/mol. The quantitative estimate of drug-likeness (QED) is 0.511. The summed E-state index contributed by atoms with van der Waals surface area (Å²) in [7, 11) is 0. The molecule has 0 spiro atoms. The number of hydrogen-bond acceptors (Lipinski definition) is 3. The molecule has 0 bridgehead atoms. The average molecular weight is 210 g/mol. The number of rotatable bonds is 7. The lowest BCUT2D eigenvalue weighted by Crippen LogP contribution is -2.19. The van der Waals surface area contributed by atoms with E-state index >= 15 is 0 Å². The van der Waals surface area contributed by atoms with E-state index in [1.807, 2.05) is 44.2 Å². The van der Waals surface area contributed by atoms with Crippen molar-refractivity contribution in [2.24, 2.45) is 0 Å². The maximum Gasteiger partial charge on any atom is 0.197 e. The number of para-hydroxylation sites is 1. The standard InChI is InChI=1S/C12H18O3/c1-3-13-9-10-14-11(2)15-12-7-5-4-6-8-12/h4-8,11H,3,9-10H2,1-2H3. The van der Waals surface area contributed by atoms with E-state index < -0.39 is 0 Å². The van der Waals surface area contributed by atoms with Gasteiger partial charge in [0, 0.05) is 6.61 Å². The molecule has 0 saturated carbocycles. The van der Waals surface area contributed by atoms with E-state index in [0.29, 0.717) is 13.2 Å². The summed E-state index contributed by atoms with van der Waals surface area (Å²) in [5, 5.41) is 0. The van der Waals surface area contributed by atoms with Gasteiger partial charge in [0.15, 0.2) is 6.29 Å². The van der Waals surface area contributed by atoms with Crippen LogP contribution >= 0.6 is 0 Å². The molecule has 0 saturated heterocycles. The lowest BCUT2D eigenvalue weighted by molar-refractivity contribution is -0.0825. The van der Waals surface area contributed by atoms with Gasteiger partial charge in [0.25, 0.3) is 0 Å². The van der Waals surface area contributed by atoms with Crippen molar-refractivity contribution in [3.05, 3.63) is 30.3 Å². The molecule has 0 fully saturated rings. The normalized spacial score (nSPS) is 12.4. The van der Waals surface area contributed by atoms with Crippen LogP contribution in [0, 0.1) is 0 Å². The zero-order chi connectivity index (χ0) is 10.9. The first-order chi connectivity index (χ1) is 7.33. The molecule has 1 rings (SSSR count). The molecule has 0 radical (unpaired) electrons. The lowest BCUT2D eigenvalue weighted by atomic mass is 10.3. The molecule has 1 atom stereocenters. The summed E-state index contributed by atoms with van der Waals surface area (Å²) in [5.74, 6) is 0.821. The topological polar surface area (TPSA) is 27.7 Å². The van der Waals surface area contributed by atoms with Crippen molar-refractivity contribution in [3.63, 3.8) is 0 Å². The fourth-order valence-electron chi connectivity index (χ4n) is 1.14. The molecular weight excluding hydrogens is 192 g/mol. The van der Waals surface area contributed by atoms with Crippen LogP contribution in [0.3, 0.4) is 0 Å². The number of hydrogen-bond donors (Lipinski definition) is 0. The van der Waals surface area contributed by atoms with Crippen LogP contribution in [0.1, 0.15) is 13.8 Å². The first kappa shape index (κ1) is 12.0. The molecule has 3 nitrogen and oxygen atoms in total. The van der Waals surface area contributed by atoms with Gasteiger partial charge in [-0.15, -0.1) is 0 Å². The summed E-state index contributed by atoms with van der Waals surface area (Å²) in [4.78, 5) is 0. The SMILES string of the molecule is CCOCCOC(C)Oc1ccccc1. The predicted octanol–water partition coefficient (Wildman–Crippen LogP) is 2.46. The molecule has 0 N–H and O–H groups in total. The lowest BCUT2D eigenvalue weighted by Gasteiger charge is -2.15. The van der Waals surface area contributed by atoms with Crippen molar-refractivity contribution in [2.75, 3.05) is 19.8 Å². The van der Waals surface area contributed by atoms with Crippen molar-refractivity contribution in [2.45, 2.75) is 20.1 Å². The van der Waals surface area contributed by atoms with Crippen LogP contribution < -0.4 is 4.74 Å². The van der Waals surface area contributed by atoms with E-state index in [-0.39, 0.29) is 6.29 Å². The summed E-state index contributed by atoms with van der Waals surface area (Å²) < 4.78 is 16.1. The predicted molar refractivity (Wildman–Crippen MR) is 59.0 cm³/mol. The highest BCUT2D eigenvalue weighted by molar-refractivity contribution is 5.20. The molecule has 1 aromatic carbocycles. The highest BCUT2D eigenvalue weighted by atomic mass is 16.7. The Morgan fingerprint density at radius 1 is 1.13 bits per heavy atom. The maximum atomic E-state index is 5.52. The highest BCUT2D eigenvalue weighted by Crippen LogP contribution is 2.10. The van der Waals surface area contributed by atoms with Gasteiger partial charge in [-0.05, 0) is 26.0 Å². The Kier molecular flexibility index (Phi) is 5.81. The summed E-state index contributed by atoms with van der Waals surface area (Å²) in [6.45, 7) is 5.72. The Bertz CT molecular complexity index is 248. The Morgan fingerprint density at radius 3 is 2.53 bits per heavy atom. The summed E-state index contributed by atoms with van der Waals surface area (Å²) in [5.41, 5.74) is 0. The summed E-state index contributed by atoms with van der Waals surface area (Å²) >= 11 is 0. The van der Waals surface area contributed by atoms with E-state index in [1.54, 1.807) is 0 Å². The van der Waals surface area contributed by atoms with Gasteiger partial charge in [0.05, 0.1) is 13.2 Å². The number of benzene rings is 1. The van der Waals surface area contributed by atoms with Gasteiger partial charge < -0.3 is 14.2 Å². The molecule has 1 aromatic rings. The van der Waals surface area contributed by atoms with E-state index in [0.717, 1.165) is 12.4 Å². The number of ether oxygens (including phenoxy) is 3. The Labute approximate surface area is 91.0 Å². The summed E-state index contributed by atoms with van der Waals surface area (Å²) in [6, 6.07) is 9.63. The first-order valence-electron chi connectivity index (χ1n) is 5.24. The minimum atomic E-state index is -0.243. The third kappa shape index (κ3) is 5.40. The molecule has 0 aliphatic rings. The van der Waals surface area contributed by atoms with Gasteiger partial charge in [-0.25, -0.2) is 0 Å². The van der Waals surface area contributed by atoms with E-state index in [9.17, 15) is 0 Å². The van der Waals surface area contributed by atoms with Crippen LogP contribution in [0.25, 0.3) is 0 Å². The van der Waals surface area contributed by atoms with Crippen molar-refractivity contribution in [1.29, 1.82) is 0 Å². The van der Waals surface area contributed by atoms with Crippen LogP contribution in [-0.2, 0) is 9.47 Å². The van der Waals surface area contributed by atoms with Crippen molar-refractivity contribution in [1.82, 2.24) is 0 Å². The third-order valence-electron chi connectivity index (χ3n) is 1.83. The van der Waals surface area contributed by atoms with Gasteiger partial charge in [-0.2, -0.15) is 0 Å². The first-order valence-corrected chi connectivity index (χ1v) is 5.24. The summed E-state index contributed by atoms with van der Waals surface area (Å²) in [6.07, 6.45) is -0.243. The molecule has 84 valence electrons. The van der Waals surface area contributed by atoms with Crippen LogP contribution in [-0.4, -0.2) is 26.1 Å². The van der Waals surface area contributed by atoms with Crippen molar-refractivity contribution in [3.8, 4) is 5.75 Å². The molecule has 0 amide bonds. The average Bonchev–Trinajstić information content (AvgIpc) is 2.26. The van der Waals surface area contributed by atoms with Gasteiger partial charge in [-0.3, -0.25) is 0 Å². The van der Waals surface area contributed by atoms with E-state index in [1.165, 1.54) is 0 Å². The largest absolute Gasteiger partial charge is 0.465 e. The van der Waals surface area contributed by atoms with Gasteiger partial charge in [-0.1, -0.05) is 18.2 Å². The molecular formula is C12H18O3. The molecule has 1 unspecified atom stereocenters. The second-order valence-corrected chi connectivity index (χ2v) is 3.07. The zero-order valence-corrected chi connectivity index (χ0v) is 9.31. The molecule has 15 heavy (non-hydrogen) atoms. The Hall–Kier alpha value is -1.06. The fraction of sp³-hybridized carbons (Fsp3) is 0.500.